The molecule has 0 bridgehead atoms. The van der Waals surface area contributed by atoms with Gasteiger partial charge in [0.15, 0.2) is 0 Å². The molecule has 1 atom stereocenters. The van der Waals surface area contributed by atoms with Gasteiger partial charge in [0.05, 0.1) is 6.61 Å². The van der Waals surface area contributed by atoms with Crippen LogP contribution in [0.25, 0.3) is 0 Å². The van der Waals surface area contributed by atoms with E-state index in [0.717, 1.165) is 0 Å². The van der Waals surface area contributed by atoms with Gasteiger partial charge in [0.1, 0.15) is 0 Å². The molecule has 180 valence electrons. The molecule has 0 aliphatic rings. The van der Waals surface area contributed by atoms with E-state index >= 15 is 0 Å². The van der Waals surface area contributed by atoms with E-state index in [1.807, 2.05) is 0 Å². The topological polar surface area (TPSA) is 134 Å². The van der Waals surface area contributed by atoms with Crippen LogP contribution in [0.3, 0.4) is 0 Å². The Kier molecular flexibility index (Phi) is 14.4. The number of amides is 3. The molecule has 1 rings (SSSR count). The molecule has 12 heteroatoms. The normalized spacial score (nSPS) is 11.5. The Balaban J connectivity index is 3.19. The third-order valence-electron chi connectivity index (χ3n) is 4.22. The summed E-state index contributed by atoms with van der Waals surface area (Å²) in [5.74, 6) is -1.84. The second-order valence-electron chi connectivity index (χ2n) is 6.34. The van der Waals surface area contributed by atoms with Crippen molar-refractivity contribution >= 4 is 42.3 Å². The Morgan fingerprint density at radius 2 is 1.88 bits per heavy atom. The maximum absolute atomic E-state index is 13.0. The van der Waals surface area contributed by atoms with Gasteiger partial charge in [-0.05, 0) is 6.92 Å². The number of halogens is 2. The van der Waals surface area contributed by atoms with Crippen LogP contribution in [-0.2, 0) is 23.9 Å². The van der Waals surface area contributed by atoms with Crippen LogP contribution in [0.1, 0.15) is 35.3 Å². The first-order valence-electron chi connectivity index (χ1n) is 9.80. The number of ether oxygens (including phenoxy) is 2. The van der Waals surface area contributed by atoms with Gasteiger partial charge in [-0.15, -0.1) is 0 Å². The fourth-order valence-electron chi connectivity index (χ4n) is 2.78. The molecule has 0 fully saturated rings. The second kappa shape index (κ2) is 16.1. The molecule has 0 aliphatic heterocycles. The maximum atomic E-state index is 13.0. The van der Waals surface area contributed by atoms with E-state index in [1.54, 1.807) is 31.2 Å². The number of esters is 1. The molecule has 32 heavy (non-hydrogen) atoms. The van der Waals surface area contributed by atoms with Gasteiger partial charge in [-0.2, -0.15) is 0 Å². The van der Waals surface area contributed by atoms with Crippen molar-refractivity contribution in [2.75, 3.05) is 44.6 Å². The van der Waals surface area contributed by atoms with Crippen molar-refractivity contribution in [3.8, 4) is 0 Å². The van der Waals surface area contributed by atoms with E-state index < -0.39 is 23.8 Å². The van der Waals surface area contributed by atoms with Crippen LogP contribution in [0, 0.1) is 0 Å². The number of nitrogens with zero attached hydrogens (tertiary/aromatic N) is 1. The van der Waals surface area contributed by atoms with Crippen LogP contribution in [0.4, 0.5) is 0 Å². The monoisotopic (exact) mass is 676 g/mol. The molecular weight excluding hydrogens is 648 g/mol. The summed E-state index contributed by atoms with van der Waals surface area (Å²) in [6.45, 7) is 1.16. The Morgan fingerprint density at radius 1 is 1.19 bits per heavy atom. The third-order valence-corrected chi connectivity index (χ3v) is 6.82. The summed E-state index contributed by atoms with van der Waals surface area (Å²) in [6.07, 6.45) is 0.0119. The number of hydrogen-bond donors (Lipinski definition) is 3. The molecule has 1 unspecified atom stereocenters. The number of carbonyl (C=O) groups excluding carboxylic acids is 4. The molecule has 0 saturated heterocycles. The molecule has 1 aromatic rings. The van der Waals surface area contributed by atoms with E-state index in [1.165, 1.54) is 12.0 Å². The molecule has 0 radical (unpaired) electrons. The number of aliphatic hydroxyl groups excluding tert-OH is 1. The zero-order chi connectivity index (χ0) is 23.9. The molecule has 0 aromatic heterocycles. The minimum Gasteiger partial charge on any atom is -0.384 e. The number of alkyl halides is 1. The summed E-state index contributed by atoms with van der Waals surface area (Å²) in [4.78, 5) is 50.8. The predicted molar refractivity (Wildman–Crippen MR) is 120 cm³/mol. The molecule has 0 saturated carbocycles. The number of methoxy groups -OCH3 is 1. The average molecular weight is 676 g/mol. The van der Waals surface area contributed by atoms with Gasteiger partial charge in [-0.25, -0.2) is 0 Å². The van der Waals surface area contributed by atoms with Crippen molar-refractivity contribution in [2.24, 2.45) is 0 Å². The van der Waals surface area contributed by atoms with E-state index in [9.17, 15) is 24.3 Å². The Morgan fingerprint density at radius 3 is 2.44 bits per heavy atom. The van der Waals surface area contributed by atoms with Gasteiger partial charge in [0, 0.05) is 7.11 Å². The summed E-state index contributed by atoms with van der Waals surface area (Å²) in [5, 5.41) is 14.8. The summed E-state index contributed by atoms with van der Waals surface area (Å²) < 4.78 is 10.4. The van der Waals surface area contributed by atoms with Crippen LogP contribution in [0.2, 0.25) is 0 Å². The Labute approximate surface area is 207 Å². The Bertz CT molecular complexity index is 762. The van der Waals surface area contributed by atoms with Gasteiger partial charge in [-0.1, -0.05) is 0 Å². The molecule has 1 aromatic carbocycles. The first-order chi connectivity index (χ1) is 15.4. The van der Waals surface area contributed by atoms with Gasteiger partial charge >= 0.3 is 173 Å². The van der Waals surface area contributed by atoms with Gasteiger partial charge < -0.3 is 9.47 Å². The minimum atomic E-state index is -1.11. The predicted octanol–water partition coefficient (Wildman–Crippen LogP) is -2.61. The molecule has 3 N–H and O–H groups in total. The van der Waals surface area contributed by atoms with Gasteiger partial charge in [0.25, 0.3) is 0 Å². The first-order valence-corrected chi connectivity index (χ1v) is 17.6. The van der Waals surface area contributed by atoms with Crippen LogP contribution < -0.4 is 27.9 Å². The van der Waals surface area contributed by atoms with Crippen molar-refractivity contribution in [1.29, 1.82) is 0 Å². The second-order valence-corrected chi connectivity index (χ2v) is 11.5. The van der Waals surface area contributed by atoms with E-state index in [0.29, 0.717) is 15.7 Å². The number of benzene rings is 1. The van der Waals surface area contributed by atoms with E-state index in [-0.39, 0.29) is 62.5 Å². The van der Waals surface area contributed by atoms with Crippen molar-refractivity contribution in [3.63, 3.8) is 0 Å². The molecule has 0 heterocycles. The van der Waals surface area contributed by atoms with Crippen LogP contribution in [0.5, 0.6) is 0 Å². The number of carbonyl (C=O) groups is 4. The number of aliphatic hydroxyl groups is 1. The van der Waals surface area contributed by atoms with E-state index in [4.69, 9.17) is 9.47 Å². The zero-order valence-electron chi connectivity index (χ0n) is 17.9. The summed E-state index contributed by atoms with van der Waals surface area (Å²) in [7, 11) is 1.46. The molecular formula is C20H28I2N3O7-. The van der Waals surface area contributed by atoms with Gasteiger partial charge in [-0.3, -0.25) is 4.79 Å². The molecule has 3 amide bonds. The fourth-order valence-corrected chi connectivity index (χ4v) is 4.24. The number of nitrogens with one attached hydrogen (secondary N) is 2. The SMILES string of the molecule is CCOC(=O)CNC(=O)C(c1ccc(C(=O)NC[I-]I)cc1)N(CCO)C(=O)CCOC. The third kappa shape index (κ3) is 9.54. The average Bonchev–Trinajstić information content (AvgIpc) is 2.79. The molecule has 10 nitrogen and oxygen atoms in total. The Hall–Kier alpha value is -1.52. The van der Waals surface area contributed by atoms with Crippen LogP contribution in [0.15, 0.2) is 24.3 Å². The van der Waals surface area contributed by atoms with Crippen molar-refractivity contribution in [3.05, 3.63) is 35.4 Å². The summed E-state index contributed by atoms with van der Waals surface area (Å²) >= 11 is 2.15. The van der Waals surface area contributed by atoms with Crippen LogP contribution in [-0.4, -0.2) is 78.3 Å². The zero-order valence-corrected chi connectivity index (χ0v) is 22.3. The molecule has 0 aliphatic carbocycles. The first kappa shape index (κ1) is 28.5. The van der Waals surface area contributed by atoms with Crippen molar-refractivity contribution in [2.45, 2.75) is 19.4 Å². The molecule has 0 spiro atoms. The van der Waals surface area contributed by atoms with Crippen LogP contribution >= 0.6 is 18.6 Å². The standard InChI is InChI=1S/C20H28I2N3O7/c1-3-32-17(28)12-23-20(30)18(25(9-10-26)16(27)8-11-31-2)14-4-6-15(7-5-14)19(29)24-13-22-21/h4-7,18,26H,3,8-13H2,1-2H3,(H,23,30)(H,24,29)/q-1. The number of hydrogen-bond acceptors (Lipinski definition) is 7. The smallest absolute Gasteiger partial charge is 0.384 e. The summed E-state index contributed by atoms with van der Waals surface area (Å²) in [5.41, 5.74) is 0.858. The van der Waals surface area contributed by atoms with Crippen molar-refractivity contribution in [1.82, 2.24) is 15.5 Å². The van der Waals surface area contributed by atoms with Crippen molar-refractivity contribution < 1.29 is 51.0 Å². The minimum absolute atomic E-state index is 0.0119. The van der Waals surface area contributed by atoms with Gasteiger partial charge in [0.2, 0.25) is 0 Å². The quantitative estimate of drug-likeness (QED) is 0.0852. The van der Waals surface area contributed by atoms with E-state index in [2.05, 4.69) is 29.2 Å². The summed E-state index contributed by atoms with van der Waals surface area (Å²) in [6, 6.07) is 5.18. The number of rotatable bonds is 14. The fraction of sp³-hybridized carbons (Fsp3) is 0.500.